The van der Waals surface area contributed by atoms with Crippen LogP contribution in [0.2, 0.25) is 0 Å². The van der Waals surface area contributed by atoms with Crippen molar-refractivity contribution < 1.29 is 4.79 Å². The van der Waals surface area contributed by atoms with E-state index in [0.29, 0.717) is 17.5 Å². The topological polar surface area (TPSA) is 117 Å². The Balaban J connectivity index is 1.41. The fraction of sp³-hybridized carbons (Fsp3) is 0.167. The van der Waals surface area contributed by atoms with E-state index in [1.165, 1.54) is 22.3 Å². The van der Waals surface area contributed by atoms with Gasteiger partial charge in [0.2, 0.25) is 5.91 Å². The zero-order chi connectivity index (χ0) is 19.5. The van der Waals surface area contributed by atoms with Gasteiger partial charge in [0.05, 0.1) is 24.6 Å². The van der Waals surface area contributed by atoms with Crippen molar-refractivity contribution in [3.63, 3.8) is 0 Å². The summed E-state index contributed by atoms with van der Waals surface area (Å²) in [6.45, 7) is 2.66. The van der Waals surface area contributed by atoms with Gasteiger partial charge in [0, 0.05) is 22.7 Å². The van der Waals surface area contributed by atoms with Gasteiger partial charge >= 0.3 is 0 Å². The Hall–Kier alpha value is -3.53. The zero-order valence-corrected chi connectivity index (χ0v) is 15.9. The predicted octanol–water partition coefficient (Wildman–Crippen LogP) is 2.51. The summed E-state index contributed by atoms with van der Waals surface area (Å²) in [6, 6.07) is 7.97. The third kappa shape index (κ3) is 3.91. The number of nitrogen functional groups attached to an aromatic ring is 1. The van der Waals surface area contributed by atoms with E-state index < -0.39 is 0 Å². The molecule has 0 radical (unpaired) electrons. The number of aryl methyl sites for hydroxylation is 1. The van der Waals surface area contributed by atoms with Crippen LogP contribution in [-0.2, 0) is 17.9 Å². The van der Waals surface area contributed by atoms with Crippen LogP contribution in [0.1, 0.15) is 6.92 Å². The van der Waals surface area contributed by atoms with Gasteiger partial charge in [0.1, 0.15) is 6.54 Å². The molecule has 4 aromatic rings. The normalized spacial score (nSPS) is 10.9. The number of carbonyl (C=O) groups is 1. The SMILES string of the molecule is CCn1ncc(NC(=O)Cn2cc(-c3ccc(-c4csc(N)n4)cc3)cn2)n1. The van der Waals surface area contributed by atoms with Gasteiger partial charge in [0.15, 0.2) is 10.9 Å². The first-order chi connectivity index (χ1) is 13.6. The van der Waals surface area contributed by atoms with Crippen molar-refractivity contribution in [2.45, 2.75) is 20.0 Å². The van der Waals surface area contributed by atoms with E-state index in [1.54, 1.807) is 10.9 Å². The molecule has 3 N–H and O–H groups in total. The van der Waals surface area contributed by atoms with Gasteiger partial charge < -0.3 is 11.1 Å². The first-order valence-corrected chi connectivity index (χ1v) is 9.53. The van der Waals surface area contributed by atoms with E-state index in [1.807, 2.05) is 42.8 Å². The molecule has 0 aliphatic rings. The lowest BCUT2D eigenvalue weighted by Crippen LogP contribution is -2.19. The van der Waals surface area contributed by atoms with Crippen LogP contribution in [0.4, 0.5) is 10.9 Å². The molecular weight excluding hydrogens is 376 g/mol. The average Bonchev–Trinajstić information content (AvgIpc) is 3.43. The summed E-state index contributed by atoms with van der Waals surface area (Å²) in [5.41, 5.74) is 9.49. The lowest BCUT2D eigenvalue weighted by Gasteiger charge is -2.02. The molecule has 142 valence electrons. The minimum absolute atomic E-state index is 0.0924. The highest BCUT2D eigenvalue weighted by Crippen LogP contribution is 2.26. The number of benzene rings is 1. The summed E-state index contributed by atoms with van der Waals surface area (Å²) in [6.07, 6.45) is 5.09. The van der Waals surface area contributed by atoms with Crippen LogP contribution in [0.5, 0.6) is 0 Å². The minimum atomic E-state index is -0.214. The molecule has 0 aliphatic heterocycles. The van der Waals surface area contributed by atoms with E-state index in [4.69, 9.17) is 5.73 Å². The van der Waals surface area contributed by atoms with Crippen LogP contribution in [-0.4, -0.2) is 35.7 Å². The van der Waals surface area contributed by atoms with Gasteiger partial charge in [-0.25, -0.2) is 4.98 Å². The van der Waals surface area contributed by atoms with Crippen molar-refractivity contribution in [1.29, 1.82) is 0 Å². The number of thiazole rings is 1. The van der Waals surface area contributed by atoms with Crippen LogP contribution in [0.15, 0.2) is 48.2 Å². The Bertz CT molecular complexity index is 1090. The predicted molar refractivity (Wildman–Crippen MR) is 108 cm³/mol. The number of hydrogen-bond acceptors (Lipinski definition) is 7. The Morgan fingerprint density at radius 2 is 1.93 bits per heavy atom. The number of rotatable bonds is 6. The maximum absolute atomic E-state index is 12.2. The molecule has 0 unspecified atom stereocenters. The van der Waals surface area contributed by atoms with Gasteiger partial charge in [0.25, 0.3) is 0 Å². The van der Waals surface area contributed by atoms with Crippen molar-refractivity contribution in [2.75, 3.05) is 11.1 Å². The molecule has 4 rings (SSSR count). The summed E-state index contributed by atoms with van der Waals surface area (Å²) in [4.78, 5) is 18.0. The lowest BCUT2D eigenvalue weighted by molar-refractivity contribution is -0.116. The Morgan fingerprint density at radius 1 is 1.14 bits per heavy atom. The van der Waals surface area contributed by atoms with Gasteiger partial charge in [-0.2, -0.15) is 15.0 Å². The van der Waals surface area contributed by atoms with Gasteiger partial charge in [-0.3, -0.25) is 9.48 Å². The van der Waals surface area contributed by atoms with E-state index in [9.17, 15) is 4.79 Å². The molecule has 0 spiro atoms. The number of aromatic nitrogens is 6. The van der Waals surface area contributed by atoms with E-state index in [-0.39, 0.29) is 12.5 Å². The number of carbonyl (C=O) groups excluding carboxylic acids is 1. The molecule has 3 aromatic heterocycles. The second-order valence-electron chi connectivity index (χ2n) is 6.04. The number of hydrogen-bond donors (Lipinski definition) is 2. The number of anilines is 2. The Labute approximate surface area is 164 Å². The van der Waals surface area contributed by atoms with Gasteiger partial charge in [-0.1, -0.05) is 24.3 Å². The quantitative estimate of drug-likeness (QED) is 0.519. The second-order valence-corrected chi connectivity index (χ2v) is 6.93. The van der Waals surface area contributed by atoms with Gasteiger partial charge in [-0.05, 0) is 12.5 Å². The maximum Gasteiger partial charge on any atom is 0.247 e. The number of nitrogens with two attached hydrogens (primary N) is 1. The highest BCUT2D eigenvalue weighted by atomic mass is 32.1. The molecule has 9 nitrogen and oxygen atoms in total. The van der Waals surface area contributed by atoms with Crippen LogP contribution in [0.25, 0.3) is 22.4 Å². The highest BCUT2D eigenvalue weighted by Gasteiger charge is 2.09. The summed E-state index contributed by atoms with van der Waals surface area (Å²) in [5, 5.41) is 17.6. The Morgan fingerprint density at radius 3 is 2.61 bits per heavy atom. The fourth-order valence-corrected chi connectivity index (χ4v) is 3.26. The standard InChI is InChI=1S/C18H18N8OS/c1-2-26-21-8-16(24-26)23-17(27)10-25-9-14(7-20-25)12-3-5-13(6-4-12)15-11-28-18(19)22-15/h3-9,11H,2,10H2,1H3,(H2,19,22)(H,23,24,27). The summed E-state index contributed by atoms with van der Waals surface area (Å²) in [5.74, 6) is 0.215. The van der Waals surface area contributed by atoms with Crippen LogP contribution < -0.4 is 11.1 Å². The molecule has 0 aliphatic carbocycles. The van der Waals surface area contributed by atoms with Crippen molar-refractivity contribution in [2.24, 2.45) is 0 Å². The highest BCUT2D eigenvalue weighted by molar-refractivity contribution is 7.13. The number of nitrogens with zero attached hydrogens (tertiary/aromatic N) is 6. The first-order valence-electron chi connectivity index (χ1n) is 8.65. The van der Waals surface area contributed by atoms with E-state index >= 15 is 0 Å². The van der Waals surface area contributed by atoms with Crippen molar-refractivity contribution in [3.8, 4) is 22.4 Å². The lowest BCUT2D eigenvalue weighted by atomic mass is 10.1. The molecular formula is C18H18N8OS. The number of amides is 1. The van der Waals surface area contributed by atoms with Crippen molar-refractivity contribution >= 4 is 28.2 Å². The van der Waals surface area contributed by atoms with Crippen molar-refractivity contribution in [1.82, 2.24) is 29.8 Å². The minimum Gasteiger partial charge on any atom is -0.375 e. The molecule has 0 saturated carbocycles. The van der Waals surface area contributed by atoms with Crippen LogP contribution in [0, 0.1) is 0 Å². The van der Waals surface area contributed by atoms with Crippen LogP contribution >= 0.6 is 11.3 Å². The zero-order valence-electron chi connectivity index (χ0n) is 15.1. The molecule has 0 saturated heterocycles. The monoisotopic (exact) mass is 394 g/mol. The average molecular weight is 394 g/mol. The second kappa shape index (κ2) is 7.61. The summed E-state index contributed by atoms with van der Waals surface area (Å²) < 4.78 is 1.59. The third-order valence-electron chi connectivity index (χ3n) is 4.06. The molecule has 0 fully saturated rings. The molecule has 0 bridgehead atoms. The largest absolute Gasteiger partial charge is 0.375 e. The number of nitrogens with one attached hydrogen (secondary N) is 1. The van der Waals surface area contributed by atoms with E-state index in [0.717, 1.165) is 22.4 Å². The van der Waals surface area contributed by atoms with E-state index in [2.05, 4.69) is 25.6 Å². The van der Waals surface area contributed by atoms with Gasteiger partial charge in [-0.15, -0.1) is 16.4 Å². The fourth-order valence-electron chi connectivity index (χ4n) is 2.69. The Kier molecular flexibility index (Phi) is 4.85. The summed E-state index contributed by atoms with van der Waals surface area (Å²) in [7, 11) is 0. The van der Waals surface area contributed by atoms with Crippen molar-refractivity contribution in [3.05, 3.63) is 48.2 Å². The smallest absolute Gasteiger partial charge is 0.247 e. The molecule has 10 heteroatoms. The first kappa shape index (κ1) is 17.9. The molecule has 28 heavy (non-hydrogen) atoms. The molecule has 1 aromatic carbocycles. The van der Waals surface area contributed by atoms with Crippen LogP contribution in [0.3, 0.4) is 0 Å². The summed E-state index contributed by atoms with van der Waals surface area (Å²) >= 11 is 1.42. The maximum atomic E-state index is 12.2. The molecule has 3 heterocycles. The molecule has 0 atom stereocenters. The molecule has 1 amide bonds. The third-order valence-corrected chi connectivity index (χ3v) is 4.74.